The number of anilines is 1. The van der Waals surface area contributed by atoms with E-state index in [1.807, 2.05) is 24.3 Å². The lowest BCUT2D eigenvalue weighted by Crippen LogP contribution is -2.45. The second-order valence-electron chi connectivity index (χ2n) is 11.1. The number of carbonyl (C=O) groups excluding carboxylic acids is 2. The van der Waals surface area contributed by atoms with Crippen molar-refractivity contribution in [1.82, 2.24) is 20.1 Å². The fourth-order valence-corrected chi connectivity index (χ4v) is 6.71. The van der Waals surface area contributed by atoms with Crippen LogP contribution in [0.2, 0.25) is 5.02 Å². The molecule has 2 aromatic rings. The van der Waals surface area contributed by atoms with Gasteiger partial charge in [0.25, 0.3) is 0 Å². The Bertz CT molecular complexity index is 1110. The molecule has 1 aromatic carbocycles. The van der Waals surface area contributed by atoms with Gasteiger partial charge in [-0.1, -0.05) is 23.7 Å². The van der Waals surface area contributed by atoms with Gasteiger partial charge in [0.15, 0.2) is 0 Å². The lowest BCUT2D eigenvalue weighted by molar-refractivity contribution is -0.138. The van der Waals surface area contributed by atoms with Gasteiger partial charge in [0.1, 0.15) is 5.82 Å². The van der Waals surface area contributed by atoms with Crippen LogP contribution in [-0.4, -0.2) is 59.8 Å². The lowest BCUT2D eigenvalue weighted by atomic mass is 9.79. The van der Waals surface area contributed by atoms with Crippen LogP contribution in [0.3, 0.4) is 0 Å². The fraction of sp³-hybridized carbons (Fsp3) is 0.552. The zero-order valence-electron chi connectivity index (χ0n) is 21.7. The summed E-state index contributed by atoms with van der Waals surface area (Å²) in [5, 5.41) is 3.57. The van der Waals surface area contributed by atoms with E-state index in [2.05, 4.69) is 32.2 Å². The molecule has 3 fully saturated rings. The van der Waals surface area contributed by atoms with E-state index < -0.39 is 0 Å². The number of hydrogen-bond acceptors (Lipinski definition) is 5. The van der Waals surface area contributed by atoms with E-state index in [1.54, 1.807) is 13.2 Å². The Labute approximate surface area is 224 Å². The second-order valence-corrected chi connectivity index (χ2v) is 11.6. The third-order valence-electron chi connectivity index (χ3n) is 8.82. The Hall–Kier alpha value is -2.64. The van der Waals surface area contributed by atoms with Crippen molar-refractivity contribution in [2.45, 2.75) is 50.5 Å². The van der Waals surface area contributed by atoms with Gasteiger partial charge in [-0.05, 0) is 92.9 Å². The number of nitrogen functional groups attached to an aromatic ring is 1. The minimum Gasteiger partial charge on any atom is -0.384 e. The first-order chi connectivity index (χ1) is 17.9. The molecule has 1 aliphatic carbocycles. The SMILES string of the molecule is CNC(=O)[C@@H]1C[C@]1(CC1CCN(C(=O)C2CCN(Cc3ccnc(N)c3)CC2)CC1)c1ccc(Cl)cc1. The molecule has 5 rings (SSSR count). The first-order valence-corrected chi connectivity index (χ1v) is 13.9. The van der Waals surface area contributed by atoms with Crippen LogP contribution in [0.1, 0.15) is 49.7 Å². The highest BCUT2D eigenvalue weighted by Crippen LogP contribution is 2.59. The molecule has 0 radical (unpaired) electrons. The van der Waals surface area contributed by atoms with Crippen molar-refractivity contribution in [1.29, 1.82) is 0 Å². The number of likely N-dealkylation sites (tertiary alicyclic amines) is 2. The van der Waals surface area contributed by atoms with Gasteiger partial charge >= 0.3 is 0 Å². The van der Waals surface area contributed by atoms with E-state index >= 15 is 0 Å². The van der Waals surface area contributed by atoms with Crippen molar-refractivity contribution in [2.24, 2.45) is 17.8 Å². The number of hydrogen-bond donors (Lipinski definition) is 2. The van der Waals surface area contributed by atoms with Crippen LogP contribution >= 0.6 is 11.6 Å². The Morgan fingerprint density at radius 1 is 1.08 bits per heavy atom. The molecule has 37 heavy (non-hydrogen) atoms. The molecule has 7 nitrogen and oxygen atoms in total. The summed E-state index contributed by atoms with van der Waals surface area (Å²) in [7, 11) is 1.72. The standard InChI is InChI=1S/C29H38ClN5O2/c1-32-27(36)25-18-29(25,23-2-4-24(30)5-3-23)17-20-7-14-35(15-8-20)28(37)22-9-12-34(13-10-22)19-21-6-11-33-26(31)16-21/h2-6,11,16,20,22,25H,7-10,12-15,17-19H2,1H3,(H2,31,33)(H,32,36)/t25-,29+/m0/s1. The maximum absolute atomic E-state index is 13.3. The molecule has 2 amide bonds. The number of pyridine rings is 1. The van der Waals surface area contributed by atoms with Crippen LogP contribution in [-0.2, 0) is 21.5 Å². The van der Waals surface area contributed by atoms with Gasteiger partial charge in [0.2, 0.25) is 11.8 Å². The van der Waals surface area contributed by atoms with Gasteiger partial charge < -0.3 is 16.0 Å². The Balaban J connectivity index is 1.12. The van der Waals surface area contributed by atoms with Crippen molar-refractivity contribution in [2.75, 3.05) is 39.0 Å². The number of rotatable bonds is 7. The van der Waals surface area contributed by atoms with Gasteiger partial charge in [0, 0.05) is 55.2 Å². The van der Waals surface area contributed by atoms with Crippen molar-refractivity contribution in [3.63, 3.8) is 0 Å². The summed E-state index contributed by atoms with van der Waals surface area (Å²) in [5.74, 6) is 1.67. The predicted molar refractivity (Wildman–Crippen MR) is 146 cm³/mol. The molecule has 2 saturated heterocycles. The molecule has 8 heteroatoms. The molecule has 198 valence electrons. The van der Waals surface area contributed by atoms with Crippen LogP contribution in [0.5, 0.6) is 0 Å². The molecule has 3 aliphatic rings. The average Bonchev–Trinajstić information content (AvgIpc) is 3.64. The molecule has 1 aromatic heterocycles. The normalized spacial score (nSPS) is 25.1. The first kappa shape index (κ1) is 26.0. The number of nitrogens with zero attached hydrogens (tertiary/aromatic N) is 3. The Morgan fingerprint density at radius 2 is 1.78 bits per heavy atom. The summed E-state index contributed by atoms with van der Waals surface area (Å²) in [6.45, 7) is 4.35. The highest BCUT2D eigenvalue weighted by atomic mass is 35.5. The van der Waals surface area contributed by atoms with Gasteiger partial charge in [0.05, 0.1) is 0 Å². The monoisotopic (exact) mass is 523 g/mol. The molecule has 2 atom stereocenters. The third-order valence-corrected chi connectivity index (χ3v) is 9.08. The predicted octanol–water partition coefficient (Wildman–Crippen LogP) is 3.86. The summed E-state index contributed by atoms with van der Waals surface area (Å²) < 4.78 is 0. The van der Waals surface area contributed by atoms with Gasteiger partial charge in [-0.15, -0.1) is 0 Å². The second kappa shape index (κ2) is 11.0. The molecule has 0 spiro atoms. The van der Waals surface area contributed by atoms with Crippen LogP contribution in [0.15, 0.2) is 42.6 Å². The molecule has 0 unspecified atom stereocenters. The number of benzene rings is 1. The number of halogens is 1. The number of piperidine rings is 2. The molecule has 1 saturated carbocycles. The topological polar surface area (TPSA) is 91.6 Å². The summed E-state index contributed by atoms with van der Waals surface area (Å²) in [6.07, 6.45) is 7.46. The van der Waals surface area contributed by atoms with Crippen LogP contribution in [0.25, 0.3) is 0 Å². The highest BCUT2D eigenvalue weighted by Gasteiger charge is 2.59. The quantitative estimate of drug-likeness (QED) is 0.575. The minimum absolute atomic E-state index is 0.0205. The summed E-state index contributed by atoms with van der Waals surface area (Å²) >= 11 is 6.13. The van der Waals surface area contributed by atoms with E-state index in [-0.39, 0.29) is 23.2 Å². The molecular weight excluding hydrogens is 486 g/mol. The summed E-state index contributed by atoms with van der Waals surface area (Å²) in [6, 6.07) is 12.0. The lowest BCUT2D eigenvalue weighted by Gasteiger charge is -2.38. The number of nitrogens with two attached hydrogens (primary N) is 1. The van der Waals surface area contributed by atoms with Gasteiger partial charge in [-0.25, -0.2) is 4.98 Å². The van der Waals surface area contributed by atoms with E-state index in [1.165, 1.54) is 11.1 Å². The van der Waals surface area contributed by atoms with E-state index in [9.17, 15) is 9.59 Å². The maximum atomic E-state index is 13.3. The zero-order valence-corrected chi connectivity index (χ0v) is 22.4. The Morgan fingerprint density at radius 3 is 2.43 bits per heavy atom. The van der Waals surface area contributed by atoms with Gasteiger partial charge in [-0.2, -0.15) is 0 Å². The van der Waals surface area contributed by atoms with Crippen LogP contribution in [0, 0.1) is 17.8 Å². The van der Waals surface area contributed by atoms with Crippen molar-refractivity contribution in [3.8, 4) is 0 Å². The minimum atomic E-state index is -0.103. The van der Waals surface area contributed by atoms with Crippen molar-refractivity contribution < 1.29 is 9.59 Å². The third kappa shape index (κ3) is 5.78. The summed E-state index contributed by atoms with van der Waals surface area (Å²) in [5.41, 5.74) is 8.10. The molecule has 0 bridgehead atoms. The van der Waals surface area contributed by atoms with E-state index in [4.69, 9.17) is 17.3 Å². The molecular formula is C29H38ClN5O2. The van der Waals surface area contributed by atoms with Gasteiger partial charge in [-0.3, -0.25) is 14.5 Å². The van der Waals surface area contributed by atoms with Crippen LogP contribution in [0.4, 0.5) is 5.82 Å². The summed E-state index contributed by atoms with van der Waals surface area (Å²) in [4.78, 5) is 34.4. The van der Waals surface area contributed by atoms with Crippen molar-refractivity contribution >= 4 is 29.2 Å². The Kier molecular flexibility index (Phi) is 7.72. The molecule has 3 N–H and O–H groups in total. The van der Waals surface area contributed by atoms with E-state index in [0.29, 0.717) is 17.6 Å². The van der Waals surface area contributed by atoms with Crippen LogP contribution < -0.4 is 11.1 Å². The average molecular weight is 524 g/mol. The molecule has 2 aliphatic heterocycles. The van der Waals surface area contributed by atoms with Crippen molar-refractivity contribution in [3.05, 3.63) is 58.7 Å². The molecule has 3 heterocycles. The van der Waals surface area contributed by atoms with E-state index in [0.717, 1.165) is 76.3 Å². The highest BCUT2D eigenvalue weighted by molar-refractivity contribution is 6.30. The largest absolute Gasteiger partial charge is 0.384 e. The zero-order chi connectivity index (χ0) is 26.0. The number of carbonyl (C=O) groups is 2. The smallest absolute Gasteiger partial charge is 0.225 e. The first-order valence-electron chi connectivity index (χ1n) is 13.6. The number of aromatic nitrogens is 1. The number of nitrogens with one attached hydrogen (secondary N) is 1. The fourth-order valence-electron chi connectivity index (χ4n) is 6.59. The number of amides is 2. The maximum Gasteiger partial charge on any atom is 0.225 e.